The largest absolute Gasteiger partial charge is 0.497 e. The first-order valence-corrected chi connectivity index (χ1v) is 10.0. The van der Waals surface area contributed by atoms with Gasteiger partial charge in [-0.3, -0.25) is 0 Å². The van der Waals surface area contributed by atoms with Crippen LogP contribution in [-0.2, 0) is 5.41 Å². The van der Waals surface area contributed by atoms with Gasteiger partial charge in [0.05, 0.1) is 18.7 Å². The predicted molar refractivity (Wildman–Crippen MR) is 108 cm³/mol. The molecule has 2 aromatic carbocycles. The minimum absolute atomic E-state index is 0.0656. The maximum Gasteiger partial charge on any atom is 0.119 e. The van der Waals surface area contributed by atoms with Crippen LogP contribution in [0, 0.1) is 5.92 Å². The number of nitrogens with one attached hydrogen (secondary N) is 1. The molecule has 3 aromatic rings. The Hall–Kier alpha value is -2.20. The van der Waals surface area contributed by atoms with Crippen LogP contribution in [0.25, 0.3) is 10.9 Å². The normalized spacial score (nSPS) is 22.7. The van der Waals surface area contributed by atoms with Gasteiger partial charge in [-0.25, -0.2) is 4.98 Å². The molecule has 1 aromatic heterocycles. The third-order valence-electron chi connectivity index (χ3n) is 6.01. The van der Waals surface area contributed by atoms with E-state index in [0.717, 1.165) is 17.0 Å². The molecule has 0 amide bonds. The highest BCUT2D eigenvalue weighted by molar-refractivity contribution is 7.99. The zero-order valence-electron chi connectivity index (χ0n) is 15.2. The Morgan fingerprint density at radius 2 is 2.00 bits per heavy atom. The minimum Gasteiger partial charge on any atom is -0.497 e. The molecular formula is C22H22N2OS. The second kappa shape index (κ2) is 5.65. The second-order valence-electron chi connectivity index (χ2n) is 7.75. The number of methoxy groups -OCH3 is 1. The van der Waals surface area contributed by atoms with Crippen LogP contribution in [-0.4, -0.2) is 17.8 Å². The van der Waals surface area contributed by atoms with Crippen LogP contribution in [0.15, 0.2) is 53.6 Å². The van der Waals surface area contributed by atoms with Crippen LogP contribution in [0.5, 0.6) is 5.75 Å². The number of fused-ring (bicyclic) bond motifs is 5. The fourth-order valence-corrected chi connectivity index (χ4v) is 5.88. The molecule has 3 nitrogen and oxygen atoms in total. The molecule has 26 heavy (non-hydrogen) atoms. The van der Waals surface area contributed by atoms with Gasteiger partial charge in [0.15, 0.2) is 0 Å². The summed E-state index contributed by atoms with van der Waals surface area (Å²) >= 11 is 1.89. The molecule has 4 heteroatoms. The molecule has 132 valence electrons. The van der Waals surface area contributed by atoms with Gasteiger partial charge in [0, 0.05) is 28.3 Å². The van der Waals surface area contributed by atoms with Gasteiger partial charge in [-0.2, -0.15) is 0 Å². The van der Waals surface area contributed by atoms with Crippen molar-refractivity contribution in [1.29, 1.82) is 0 Å². The third kappa shape index (κ3) is 2.25. The molecule has 0 spiro atoms. The van der Waals surface area contributed by atoms with Crippen LogP contribution < -0.4 is 10.1 Å². The Balaban J connectivity index is 1.67. The fraction of sp³-hybridized carbons (Fsp3) is 0.318. The Bertz CT molecular complexity index is 1010. The summed E-state index contributed by atoms with van der Waals surface area (Å²) in [5, 5.41) is 6.20. The lowest BCUT2D eigenvalue weighted by Crippen LogP contribution is -2.44. The van der Waals surface area contributed by atoms with Gasteiger partial charge in [0.25, 0.3) is 0 Å². The molecule has 0 fully saturated rings. The summed E-state index contributed by atoms with van der Waals surface area (Å²) in [6.07, 6.45) is 0. The number of hydrogen-bond acceptors (Lipinski definition) is 4. The molecule has 0 unspecified atom stereocenters. The number of thioether (sulfide) groups is 1. The SMILES string of the molecule is COc1ccc2c(c1)C(C)(C)[C@@H]1CSc3nc4ccccc4cc3[C@@H]1N2. The highest BCUT2D eigenvalue weighted by Crippen LogP contribution is 2.54. The topological polar surface area (TPSA) is 34.1 Å². The van der Waals surface area contributed by atoms with E-state index in [4.69, 9.17) is 9.72 Å². The zero-order chi connectivity index (χ0) is 17.9. The van der Waals surface area contributed by atoms with E-state index in [1.54, 1.807) is 7.11 Å². The number of para-hydroxylation sites is 1. The van der Waals surface area contributed by atoms with Gasteiger partial charge >= 0.3 is 0 Å². The number of rotatable bonds is 1. The molecule has 0 saturated carbocycles. The van der Waals surface area contributed by atoms with Crippen LogP contribution in [0.2, 0.25) is 0 Å². The number of aromatic nitrogens is 1. The van der Waals surface area contributed by atoms with Crippen LogP contribution in [0.3, 0.4) is 0 Å². The quantitative estimate of drug-likeness (QED) is 0.628. The Morgan fingerprint density at radius 3 is 2.85 bits per heavy atom. The molecular weight excluding hydrogens is 340 g/mol. The molecule has 0 radical (unpaired) electrons. The number of anilines is 1. The van der Waals surface area contributed by atoms with E-state index in [-0.39, 0.29) is 5.41 Å². The Kier molecular flexibility index (Phi) is 3.48. The van der Waals surface area contributed by atoms with Gasteiger partial charge in [-0.15, -0.1) is 11.8 Å². The van der Waals surface area contributed by atoms with E-state index in [9.17, 15) is 0 Å². The van der Waals surface area contributed by atoms with E-state index in [1.807, 2.05) is 17.8 Å². The molecule has 3 heterocycles. The van der Waals surface area contributed by atoms with Crippen molar-refractivity contribution in [3.8, 4) is 5.75 Å². The van der Waals surface area contributed by atoms with Gasteiger partial charge in [-0.05, 0) is 41.3 Å². The highest BCUT2D eigenvalue weighted by atomic mass is 32.2. The number of benzene rings is 2. The zero-order valence-corrected chi connectivity index (χ0v) is 16.1. The van der Waals surface area contributed by atoms with E-state index in [1.165, 1.54) is 27.2 Å². The molecule has 2 aliphatic heterocycles. The van der Waals surface area contributed by atoms with E-state index in [0.29, 0.717) is 12.0 Å². The number of nitrogens with zero attached hydrogens (tertiary/aromatic N) is 1. The number of ether oxygens (including phenoxy) is 1. The lowest BCUT2D eigenvalue weighted by atomic mass is 9.66. The van der Waals surface area contributed by atoms with Gasteiger partial charge in [-0.1, -0.05) is 32.0 Å². The summed E-state index contributed by atoms with van der Waals surface area (Å²) in [6.45, 7) is 4.73. The van der Waals surface area contributed by atoms with E-state index in [2.05, 4.69) is 61.6 Å². The van der Waals surface area contributed by atoms with Crippen molar-refractivity contribution < 1.29 is 4.74 Å². The van der Waals surface area contributed by atoms with Gasteiger partial charge in [0.1, 0.15) is 10.8 Å². The fourth-order valence-electron chi connectivity index (χ4n) is 4.41. The lowest BCUT2D eigenvalue weighted by Gasteiger charge is -2.48. The molecule has 0 bridgehead atoms. The van der Waals surface area contributed by atoms with E-state index >= 15 is 0 Å². The minimum atomic E-state index is 0.0656. The molecule has 1 N–H and O–H groups in total. The van der Waals surface area contributed by atoms with E-state index < -0.39 is 0 Å². The number of pyridine rings is 1. The average molecular weight is 362 g/mol. The average Bonchev–Trinajstić information content (AvgIpc) is 2.66. The van der Waals surface area contributed by atoms with Crippen molar-refractivity contribution >= 4 is 28.4 Å². The Morgan fingerprint density at radius 1 is 1.15 bits per heavy atom. The number of hydrogen-bond donors (Lipinski definition) is 1. The summed E-state index contributed by atoms with van der Waals surface area (Å²) in [4.78, 5) is 4.94. The summed E-state index contributed by atoms with van der Waals surface area (Å²) in [5.41, 5.74) is 5.03. The lowest BCUT2D eigenvalue weighted by molar-refractivity contribution is 0.291. The van der Waals surface area contributed by atoms with Crippen molar-refractivity contribution in [3.05, 3.63) is 59.7 Å². The molecule has 5 rings (SSSR count). The molecule has 0 aliphatic carbocycles. The summed E-state index contributed by atoms with van der Waals surface area (Å²) in [6, 6.07) is 17.4. The van der Waals surface area contributed by atoms with Crippen LogP contribution >= 0.6 is 11.8 Å². The van der Waals surface area contributed by atoms with Gasteiger partial charge < -0.3 is 10.1 Å². The van der Waals surface area contributed by atoms with Crippen LogP contribution in [0.1, 0.15) is 31.0 Å². The van der Waals surface area contributed by atoms with Crippen molar-refractivity contribution in [2.24, 2.45) is 5.92 Å². The predicted octanol–water partition coefficient (Wildman–Crippen LogP) is 5.41. The monoisotopic (exact) mass is 362 g/mol. The highest BCUT2D eigenvalue weighted by Gasteiger charge is 2.46. The Labute approximate surface area is 158 Å². The second-order valence-corrected chi connectivity index (χ2v) is 8.76. The maximum atomic E-state index is 5.47. The molecule has 2 aliphatic rings. The first-order valence-electron chi connectivity index (χ1n) is 9.05. The first-order chi connectivity index (χ1) is 12.6. The van der Waals surface area contributed by atoms with Crippen molar-refractivity contribution in [2.75, 3.05) is 18.2 Å². The van der Waals surface area contributed by atoms with Crippen molar-refractivity contribution in [1.82, 2.24) is 4.98 Å². The third-order valence-corrected chi connectivity index (χ3v) is 7.14. The molecule has 2 atom stereocenters. The summed E-state index contributed by atoms with van der Waals surface area (Å²) in [5.74, 6) is 2.50. The first kappa shape index (κ1) is 16.0. The standard InChI is InChI=1S/C22H22N2OS/c1-22(2)16-11-14(25-3)8-9-19(16)23-20-15-10-13-6-4-5-7-18(13)24-21(15)26-12-17(20)22/h4-11,17,20,23H,12H2,1-3H3/t17-,20+/m1/s1. The maximum absolute atomic E-state index is 5.47. The van der Waals surface area contributed by atoms with Crippen LogP contribution in [0.4, 0.5) is 5.69 Å². The smallest absolute Gasteiger partial charge is 0.119 e. The van der Waals surface area contributed by atoms with Crippen molar-refractivity contribution in [3.63, 3.8) is 0 Å². The molecule has 0 saturated heterocycles. The van der Waals surface area contributed by atoms with Gasteiger partial charge in [0.2, 0.25) is 0 Å². The van der Waals surface area contributed by atoms with Crippen molar-refractivity contribution in [2.45, 2.75) is 30.3 Å². The summed E-state index contributed by atoms with van der Waals surface area (Å²) in [7, 11) is 1.73. The summed E-state index contributed by atoms with van der Waals surface area (Å²) < 4.78 is 5.47.